The molecule has 1 amide bonds. The Labute approximate surface area is 230 Å². The van der Waals surface area contributed by atoms with E-state index < -0.39 is 24.3 Å². The van der Waals surface area contributed by atoms with Crippen molar-refractivity contribution < 1.29 is 50.9 Å². The normalized spacial score (nSPS) is 15.1. The van der Waals surface area contributed by atoms with Gasteiger partial charge in [-0.1, -0.05) is 6.07 Å². The number of carbonyl (C=O) groups is 3. The van der Waals surface area contributed by atoms with Gasteiger partial charge in [-0.05, 0) is 48.9 Å². The highest BCUT2D eigenvalue weighted by atomic mass is 19.4. The monoisotopic (exact) mass is 593 g/mol. The van der Waals surface area contributed by atoms with Crippen LogP contribution in [0.2, 0.25) is 0 Å². The highest BCUT2D eigenvalue weighted by Crippen LogP contribution is 2.30. The molecule has 0 bridgehead atoms. The number of pyridine rings is 2. The zero-order chi connectivity index (χ0) is 30.8. The predicted molar refractivity (Wildman–Crippen MR) is 133 cm³/mol. The molecular weight excluding hydrogens is 564 g/mol. The van der Waals surface area contributed by atoms with E-state index in [4.69, 9.17) is 24.8 Å². The number of aliphatic carboxylic acids is 2. The van der Waals surface area contributed by atoms with Gasteiger partial charge in [0.15, 0.2) is 0 Å². The van der Waals surface area contributed by atoms with Crippen molar-refractivity contribution in [3.63, 3.8) is 0 Å². The molecule has 2 aromatic rings. The lowest BCUT2D eigenvalue weighted by Crippen LogP contribution is -2.26. The second kappa shape index (κ2) is 14.6. The lowest BCUT2D eigenvalue weighted by molar-refractivity contribution is -0.193. The number of amides is 1. The van der Waals surface area contributed by atoms with Crippen LogP contribution in [0.15, 0.2) is 30.5 Å². The van der Waals surface area contributed by atoms with Crippen molar-refractivity contribution in [1.82, 2.24) is 20.2 Å². The van der Waals surface area contributed by atoms with Gasteiger partial charge in [0.25, 0.3) is 5.91 Å². The molecule has 10 nitrogen and oxygen atoms in total. The minimum absolute atomic E-state index is 0.0711. The predicted octanol–water partition coefficient (Wildman–Crippen LogP) is 3.53. The third kappa shape index (κ3) is 11.6. The van der Waals surface area contributed by atoms with Crippen LogP contribution in [0.5, 0.6) is 0 Å². The van der Waals surface area contributed by atoms with Crippen LogP contribution < -0.4 is 10.6 Å². The Hall–Kier alpha value is -3.95. The first kappa shape index (κ1) is 33.3. The summed E-state index contributed by atoms with van der Waals surface area (Å²) in [6.07, 6.45) is -3.97. The third-order valence-electron chi connectivity index (χ3n) is 5.88. The van der Waals surface area contributed by atoms with Crippen LogP contribution >= 0.6 is 0 Å². The number of hydrogen-bond donors (Lipinski definition) is 4. The maximum absolute atomic E-state index is 12.4. The van der Waals surface area contributed by atoms with Crippen molar-refractivity contribution >= 4 is 23.7 Å². The van der Waals surface area contributed by atoms with Gasteiger partial charge < -0.3 is 20.8 Å². The fourth-order valence-electron chi connectivity index (χ4n) is 3.56. The number of nitrogens with zero attached hydrogens (tertiary/aromatic N) is 3. The van der Waals surface area contributed by atoms with Crippen molar-refractivity contribution in [2.75, 3.05) is 32.0 Å². The Kier molecular flexibility index (Phi) is 11.9. The maximum Gasteiger partial charge on any atom is 0.490 e. The molecule has 0 unspecified atom stereocenters. The van der Waals surface area contributed by atoms with E-state index in [0.717, 1.165) is 62.1 Å². The van der Waals surface area contributed by atoms with Crippen molar-refractivity contribution in [1.29, 1.82) is 0 Å². The van der Waals surface area contributed by atoms with Gasteiger partial charge in [0.05, 0.1) is 11.3 Å². The summed E-state index contributed by atoms with van der Waals surface area (Å²) < 4.78 is 63.5. The van der Waals surface area contributed by atoms with Crippen molar-refractivity contribution in [2.45, 2.75) is 44.6 Å². The molecule has 0 aromatic carbocycles. The zero-order valence-corrected chi connectivity index (χ0v) is 21.8. The number of nitrogens with one attached hydrogen (secondary N) is 2. The number of carbonyl (C=O) groups excluding carboxylic acids is 1. The highest BCUT2D eigenvalue weighted by molar-refractivity contribution is 5.98. The SMILES string of the molecule is CNC(=O)c1cc2c(nc1NCC1CC1)CCN(Cc1ccccn1)CC2.O=C(O)C(F)(F)F.O=C(O)C(F)(F)F. The molecule has 2 aliphatic rings. The van der Waals surface area contributed by atoms with E-state index in [9.17, 15) is 31.1 Å². The van der Waals surface area contributed by atoms with Gasteiger partial charge in [0, 0.05) is 51.5 Å². The zero-order valence-electron chi connectivity index (χ0n) is 21.8. The Balaban J connectivity index is 0.000000349. The topological polar surface area (TPSA) is 145 Å². The number of fused-ring (bicyclic) bond motifs is 1. The van der Waals surface area contributed by atoms with Crippen LogP contribution in [-0.4, -0.2) is 82.0 Å². The summed E-state index contributed by atoms with van der Waals surface area (Å²) in [4.78, 5) is 41.9. The van der Waals surface area contributed by atoms with Crippen LogP contribution in [0.25, 0.3) is 0 Å². The second-order valence-electron chi connectivity index (χ2n) is 9.10. The first-order chi connectivity index (χ1) is 19.1. The van der Waals surface area contributed by atoms with Gasteiger partial charge in [-0.2, -0.15) is 26.3 Å². The molecule has 4 rings (SSSR count). The largest absolute Gasteiger partial charge is 0.490 e. The molecule has 0 radical (unpaired) electrons. The minimum Gasteiger partial charge on any atom is -0.475 e. The number of carboxylic acid groups (broad SMARTS) is 2. The lowest BCUT2D eigenvalue weighted by Gasteiger charge is -2.18. The Morgan fingerprint density at radius 1 is 1.00 bits per heavy atom. The number of rotatable bonds is 6. The number of hydrogen-bond acceptors (Lipinski definition) is 7. The molecule has 3 heterocycles. The molecule has 0 spiro atoms. The summed E-state index contributed by atoms with van der Waals surface area (Å²) in [7, 11) is 1.67. The highest BCUT2D eigenvalue weighted by Gasteiger charge is 2.38. The van der Waals surface area contributed by atoms with Crippen LogP contribution in [0, 0.1) is 5.92 Å². The number of alkyl halides is 6. The summed E-state index contributed by atoms with van der Waals surface area (Å²) in [5, 5.41) is 20.4. The average molecular weight is 594 g/mol. The van der Waals surface area contributed by atoms with Crippen LogP contribution in [0.1, 0.15) is 40.2 Å². The van der Waals surface area contributed by atoms with Gasteiger partial charge in [0.2, 0.25) is 0 Å². The van der Waals surface area contributed by atoms with E-state index in [1.807, 2.05) is 24.4 Å². The Morgan fingerprint density at radius 2 is 1.59 bits per heavy atom. The fourth-order valence-corrected chi connectivity index (χ4v) is 3.56. The molecule has 0 saturated heterocycles. The van der Waals surface area contributed by atoms with Gasteiger partial charge in [-0.15, -0.1) is 0 Å². The van der Waals surface area contributed by atoms with Gasteiger partial charge in [0.1, 0.15) is 5.82 Å². The number of anilines is 1. The molecular formula is C25H29F6N5O5. The van der Waals surface area contributed by atoms with Gasteiger partial charge >= 0.3 is 24.3 Å². The summed E-state index contributed by atoms with van der Waals surface area (Å²) in [5.41, 5.74) is 4.06. The quantitative estimate of drug-likeness (QED) is 0.370. The molecule has 1 saturated carbocycles. The second-order valence-corrected chi connectivity index (χ2v) is 9.10. The maximum atomic E-state index is 12.4. The summed E-state index contributed by atoms with van der Waals surface area (Å²) in [6, 6.07) is 8.09. The van der Waals surface area contributed by atoms with Gasteiger partial charge in [-0.25, -0.2) is 14.6 Å². The van der Waals surface area contributed by atoms with Crippen LogP contribution in [0.3, 0.4) is 0 Å². The van der Waals surface area contributed by atoms with Crippen LogP contribution in [0.4, 0.5) is 32.2 Å². The van der Waals surface area contributed by atoms with E-state index in [2.05, 4.69) is 26.6 Å². The van der Waals surface area contributed by atoms with E-state index in [1.54, 1.807) is 7.05 Å². The Bertz CT molecular complexity index is 1170. The summed E-state index contributed by atoms with van der Waals surface area (Å²) in [5.74, 6) is -4.12. The summed E-state index contributed by atoms with van der Waals surface area (Å²) in [6.45, 7) is 3.66. The molecule has 41 heavy (non-hydrogen) atoms. The van der Waals surface area contributed by atoms with E-state index >= 15 is 0 Å². The smallest absolute Gasteiger partial charge is 0.475 e. The molecule has 1 fully saturated rings. The van der Waals surface area contributed by atoms with Gasteiger partial charge in [-0.3, -0.25) is 14.7 Å². The Morgan fingerprint density at radius 3 is 2.07 bits per heavy atom. The van der Waals surface area contributed by atoms with Crippen molar-refractivity contribution in [3.05, 3.63) is 53.0 Å². The van der Waals surface area contributed by atoms with E-state index in [-0.39, 0.29) is 5.91 Å². The van der Waals surface area contributed by atoms with Crippen molar-refractivity contribution in [3.8, 4) is 0 Å². The minimum atomic E-state index is -5.08. The fraction of sp³-hybridized carbons (Fsp3) is 0.480. The number of carboxylic acids is 2. The molecule has 0 atom stereocenters. The molecule has 4 N–H and O–H groups in total. The molecule has 1 aliphatic carbocycles. The molecule has 226 valence electrons. The standard InChI is InChI=1S/C21H27N5O.2C2HF3O2/c1-22-21(27)18-12-16-7-10-26(14-17-4-2-3-9-23-17)11-8-19(16)25-20(18)24-13-15-5-6-15;2*3-2(4,5)1(6)7/h2-4,9,12,15H,5-8,10-11,13-14H2,1H3,(H,22,27)(H,24,25);2*(H,6,7). The van der Waals surface area contributed by atoms with Crippen molar-refractivity contribution in [2.24, 2.45) is 5.92 Å². The number of aromatic nitrogens is 2. The average Bonchev–Trinajstić information content (AvgIpc) is 3.75. The van der Waals surface area contributed by atoms with E-state index in [0.29, 0.717) is 5.56 Å². The molecule has 1 aliphatic heterocycles. The summed E-state index contributed by atoms with van der Waals surface area (Å²) >= 11 is 0. The lowest BCUT2D eigenvalue weighted by atomic mass is 10.1. The van der Waals surface area contributed by atoms with Crippen LogP contribution in [-0.2, 0) is 29.0 Å². The first-order valence-electron chi connectivity index (χ1n) is 12.3. The number of halogens is 6. The first-order valence-corrected chi connectivity index (χ1v) is 12.3. The molecule has 2 aromatic heterocycles. The van der Waals surface area contributed by atoms with E-state index in [1.165, 1.54) is 18.4 Å². The molecule has 16 heteroatoms. The third-order valence-corrected chi connectivity index (χ3v) is 5.88.